The zero-order valence-corrected chi connectivity index (χ0v) is 20.0. The molecule has 2 aromatic heterocycles. The fraction of sp³-hybridized carbons (Fsp3) is 0.280. The summed E-state index contributed by atoms with van der Waals surface area (Å²) in [5, 5.41) is 25.7. The number of hydrogen-bond donors (Lipinski definition) is 6. The third kappa shape index (κ3) is 5.16. The monoisotopic (exact) mass is 505 g/mol. The van der Waals surface area contributed by atoms with Crippen LogP contribution in [0.5, 0.6) is 0 Å². The second-order valence-corrected chi connectivity index (χ2v) is 8.92. The molecular weight excluding hydrogens is 478 g/mol. The van der Waals surface area contributed by atoms with Gasteiger partial charge in [-0.05, 0) is 41.8 Å². The molecule has 5 rings (SSSR count). The number of carbonyl (C=O) groups is 1. The van der Waals surface area contributed by atoms with Crippen molar-refractivity contribution in [3.05, 3.63) is 70.0 Å². The summed E-state index contributed by atoms with van der Waals surface area (Å²) in [7, 11) is 0. The lowest BCUT2D eigenvalue weighted by Gasteiger charge is -2.17. The van der Waals surface area contributed by atoms with E-state index in [0.717, 1.165) is 16.8 Å². The molecule has 12 nitrogen and oxygen atoms in total. The van der Waals surface area contributed by atoms with Crippen molar-refractivity contribution in [1.82, 2.24) is 19.5 Å². The molecule has 12 heteroatoms. The van der Waals surface area contributed by atoms with E-state index in [0.29, 0.717) is 12.1 Å². The lowest BCUT2D eigenvalue weighted by Crippen LogP contribution is -2.24. The number of carbonyl (C=O) groups excluding carboxylic acids is 1. The molecule has 0 saturated carbocycles. The van der Waals surface area contributed by atoms with Crippen LogP contribution in [0.4, 0.5) is 23.3 Å². The van der Waals surface area contributed by atoms with Crippen LogP contribution in [-0.2, 0) is 16.0 Å². The predicted molar refractivity (Wildman–Crippen MR) is 137 cm³/mol. The fourth-order valence-corrected chi connectivity index (χ4v) is 4.38. The first-order valence-electron chi connectivity index (χ1n) is 11.8. The molecule has 4 aromatic rings. The number of nitrogens with zero attached hydrogens (tertiary/aromatic N) is 3. The van der Waals surface area contributed by atoms with Crippen LogP contribution >= 0.6 is 0 Å². The molecule has 1 aliphatic heterocycles. The number of nitrogens with one attached hydrogen (secondary N) is 3. The highest BCUT2D eigenvalue weighted by Crippen LogP contribution is 2.34. The summed E-state index contributed by atoms with van der Waals surface area (Å²) in [6.07, 6.45) is -1.48. The van der Waals surface area contributed by atoms with Crippen molar-refractivity contribution in [3.8, 4) is 0 Å². The summed E-state index contributed by atoms with van der Waals surface area (Å²) in [6, 6.07) is 15.4. The molecule has 1 aliphatic rings. The first kappa shape index (κ1) is 24.4. The Kier molecular flexibility index (Phi) is 6.61. The van der Waals surface area contributed by atoms with Crippen molar-refractivity contribution in [2.24, 2.45) is 0 Å². The molecule has 0 unspecified atom stereocenters. The molecule has 2 aromatic carbocycles. The van der Waals surface area contributed by atoms with Gasteiger partial charge >= 0.3 is 0 Å². The summed E-state index contributed by atoms with van der Waals surface area (Å²) in [5.41, 5.74) is 9.17. The van der Waals surface area contributed by atoms with Gasteiger partial charge in [0, 0.05) is 24.7 Å². The van der Waals surface area contributed by atoms with Crippen LogP contribution in [0, 0.1) is 0 Å². The smallest absolute Gasteiger partial charge is 0.280 e. The number of hydrogen-bond acceptors (Lipinski definition) is 9. The van der Waals surface area contributed by atoms with E-state index in [1.54, 1.807) is 4.57 Å². The van der Waals surface area contributed by atoms with Crippen molar-refractivity contribution in [2.75, 3.05) is 23.0 Å². The Balaban J connectivity index is 1.39. The van der Waals surface area contributed by atoms with E-state index >= 15 is 0 Å². The van der Waals surface area contributed by atoms with Crippen molar-refractivity contribution in [2.45, 2.75) is 38.2 Å². The molecule has 192 valence electrons. The van der Waals surface area contributed by atoms with Crippen molar-refractivity contribution >= 4 is 40.3 Å². The Bertz CT molecular complexity index is 1480. The van der Waals surface area contributed by atoms with E-state index in [-0.39, 0.29) is 42.0 Å². The van der Waals surface area contributed by atoms with Gasteiger partial charge in [-0.1, -0.05) is 24.3 Å². The highest BCUT2D eigenvalue weighted by atomic mass is 16.5. The van der Waals surface area contributed by atoms with Gasteiger partial charge in [0.2, 0.25) is 17.8 Å². The minimum Gasteiger partial charge on any atom is -0.394 e. The number of anilines is 4. The molecule has 1 fully saturated rings. The van der Waals surface area contributed by atoms with E-state index in [2.05, 4.69) is 25.6 Å². The van der Waals surface area contributed by atoms with Crippen LogP contribution in [-0.4, -0.2) is 54.5 Å². The van der Waals surface area contributed by atoms with Gasteiger partial charge in [0.15, 0.2) is 11.2 Å². The van der Waals surface area contributed by atoms with Crippen LogP contribution in [0.1, 0.15) is 30.7 Å². The van der Waals surface area contributed by atoms with Crippen LogP contribution in [0.2, 0.25) is 0 Å². The summed E-state index contributed by atoms with van der Waals surface area (Å²) in [4.78, 5) is 34.8. The van der Waals surface area contributed by atoms with E-state index < -0.39 is 24.0 Å². The summed E-state index contributed by atoms with van der Waals surface area (Å²) >= 11 is 0. The Morgan fingerprint density at radius 2 is 1.78 bits per heavy atom. The Morgan fingerprint density at radius 1 is 1.14 bits per heavy atom. The fourth-order valence-electron chi connectivity index (χ4n) is 4.38. The second-order valence-electron chi connectivity index (χ2n) is 8.92. The minimum atomic E-state index is -0.883. The second kappa shape index (κ2) is 10.0. The molecule has 0 aliphatic carbocycles. The number of fused-ring (bicyclic) bond motifs is 1. The number of aliphatic hydroxyl groups is 2. The van der Waals surface area contributed by atoms with Crippen LogP contribution in [0.25, 0.3) is 11.2 Å². The molecule has 1 amide bonds. The van der Waals surface area contributed by atoms with Gasteiger partial charge in [-0.15, -0.1) is 0 Å². The van der Waals surface area contributed by atoms with E-state index in [1.807, 2.05) is 48.5 Å². The van der Waals surface area contributed by atoms with Crippen LogP contribution < -0.4 is 21.9 Å². The van der Waals surface area contributed by atoms with Gasteiger partial charge in [0.05, 0.1) is 12.7 Å². The van der Waals surface area contributed by atoms with Crippen LogP contribution in [0.15, 0.2) is 53.3 Å². The number of ether oxygens (including phenoxy) is 1. The van der Waals surface area contributed by atoms with Gasteiger partial charge in [0.25, 0.3) is 5.56 Å². The van der Waals surface area contributed by atoms with E-state index in [1.165, 1.54) is 6.92 Å². The number of rotatable bonds is 7. The first-order chi connectivity index (χ1) is 17.8. The topological polar surface area (TPSA) is 180 Å². The summed E-state index contributed by atoms with van der Waals surface area (Å²) in [6.45, 7) is 1.12. The number of amides is 1. The molecule has 7 N–H and O–H groups in total. The van der Waals surface area contributed by atoms with E-state index in [4.69, 9.17) is 10.5 Å². The first-order valence-corrected chi connectivity index (χ1v) is 11.8. The number of aromatic nitrogens is 4. The van der Waals surface area contributed by atoms with Crippen LogP contribution in [0.3, 0.4) is 0 Å². The van der Waals surface area contributed by atoms with Gasteiger partial charge in [-0.2, -0.15) is 4.98 Å². The minimum absolute atomic E-state index is 0.0709. The molecule has 37 heavy (non-hydrogen) atoms. The molecule has 0 spiro atoms. The number of aromatic amines is 1. The van der Waals surface area contributed by atoms with Crippen molar-refractivity contribution in [1.29, 1.82) is 0 Å². The van der Waals surface area contributed by atoms with Gasteiger partial charge in [-0.3, -0.25) is 19.1 Å². The lowest BCUT2D eigenvalue weighted by atomic mass is 10.0. The average molecular weight is 506 g/mol. The quantitative estimate of drug-likeness (QED) is 0.218. The van der Waals surface area contributed by atoms with Crippen molar-refractivity contribution < 1.29 is 19.7 Å². The molecule has 3 atom stereocenters. The summed E-state index contributed by atoms with van der Waals surface area (Å²) < 4.78 is 7.39. The number of H-pyrrole nitrogens is 1. The number of benzene rings is 2. The highest BCUT2D eigenvalue weighted by Gasteiger charge is 2.37. The van der Waals surface area contributed by atoms with Crippen molar-refractivity contribution in [3.63, 3.8) is 0 Å². The molecular formula is C25H27N7O5. The highest BCUT2D eigenvalue weighted by molar-refractivity contribution is 5.88. The zero-order valence-electron chi connectivity index (χ0n) is 20.0. The number of nitrogen functional groups attached to an aromatic ring is 1. The van der Waals surface area contributed by atoms with E-state index in [9.17, 15) is 19.8 Å². The average Bonchev–Trinajstić information content (AvgIpc) is 3.40. The maximum atomic E-state index is 12.5. The predicted octanol–water partition coefficient (Wildman–Crippen LogP) is 1.64. The maximum Gasteiger partial charge on any atom is 0.280 e. The Morgan fingerprint density at radius 3 is 2.38 bits per heavy atom. The SMILES string of the molecule is CC(=O)Nc1ccc(Cc2ccc(Nc3nc4c(=O)[nH]c(N)nc4n3[C@H]3C[C@H](O)[C@@H](CO)O3)cc2)cc1. The number of nitrogens with two attached hydrogens (primary N) is 1. The Labute approximate surface area is 211 Å². The molecule has 0 radical (unpaired) electrons. The zero-order chi connectivity index (χ0) is 26.1. The third-order valence-corrected chi connectivity index (χ3v) is 6.13. The van der Waals surface area contributed by atoms with Gasteiger partial charge < -0.3 is 31.3 Å². The Hall–Kier alpha value is -4.26. The normalized spacial score (nSPS) is 19.3. The lowest BCUT2D eigenvalue weighted by molar-refractivity contribution is -0.114. The third-order valence-electron chi connectivity index (χ3n) is 6.13. The number of imidazole rings is 1. The molecule has 0 bridgehead atoms. The molecule has 1 saturated heterocycles. The standard InChI is InChI=1S/C25H27N7O5/c1-13(34)27-16-6-2-14(3-7-16)10-15-4-8-17(9-5-15)28-25-29-21-22(30-24(26)31-23(21)36)32(25)20-11-18(35)19(12-33)37-20/h2-9,18-20,33,35H,10-12H2,1H3,(H,27,34)(H,28,29)(H3,26,30,31,36)/t18-,19+,20+/m0/s1. The largest absolute Gasteiger partial charge is 0.394 e. The summed E-state index contributed by atoms with van der Waals surface area (Å²) in [5.74, 6) is 0.102. The van der Waals surface area contributed by atoms with Gasteiger partial charge in [-0.25, -0.2) is 4.98 Å². The van der Waals surface area contributed by atoms with Gasteiger partial charge in [0.1, 0.15) is 12.3 Å². The molecule has 3 heterocycles. The number of aliphatic hydroxyl groups excluding tert-OH is 2. The maximum absolute atomic E-state index is 12.5.